The number of rotatable bonds is 5. The Morgan fingerprint density at radius 3 is 2.50 bits per heavy atom. The first-order chi connectivity index (χ1) is 9.63. The molecule has 0 aliphatic heterocycles. The fourth-order valence-electron chi connectivity index (χ4n) is 2.37. The number of halogens is 2. The van der Waals surface area contributed by atoms with Gasteiger partial charge in [-0.2, -0.15) is 0 Å². The Kier molecular flexibility index (Phi) is 5.81. The number of hydrogen-bond donors (Lipinski definition) is 1. The smallest absolute Gasteiger partial charge is 0.0542 e. The van der Waals surface area contributed by atoms with E-state index in [0.29, 0.717) is 5.92 Å². The van der Waals surface area contributed by atoms with E-state index in [1.54, 1.807) is 0 Å². The predicted octanol–water partition coefficient (Wildman–Crippen LogP) is 4.79. The summed E-state index contributed by atoms with van der Waals surface area (Å²) in [6.07, 6.45) is 3.69. The highest BCUT2D eigenvalue weighted by molar-refractivity contribution is 14.1. The number of likely N-dealkylation sites (N-methyl/N-ethyl adjacent to an activating group) is 1. The lowest BCUT2D eigenvalue weighted by atomic mass is 9.89. The summed E-state index contributed by atoms with van der Waals surface area (Å²) in [6, 6.07) is 10.7. The first-order valence-corrected chi connectivity index (χ1v) is 8.17. The summed E-state index contributed by atoms with van der Waals surface area (Å²) < 4.78 is 1.08. The zero-order valence-corrected chi connectivity index (χ0v) is 14.5. The van der Waals surface area contributed by atoms with E-state index >= 15 is 0 Å². The molecule has 1 aromatic carbocycles. The number of pyridine rings is 1. The lowest BCUT2D eigenvalue weighted by Gasteiger charge is -2.26. The maximum Gasteiger partial charge on any atom is 0.0542 e. The molecule has 0 bridgehead atoms. The second-order valence-electron chi connectivity index (χ2n) is 4.78. The average molecular weight is 401 g/mol. The Morgan fingerprint density at radius 2 is 1.90 bits per heavy atom. The van der Waals surface area contributed by atoms with Gasteiger partial charge in [-0.05, 0) is 64.5 Å². The molecule has 4 heteroatoms. The molecule has 2 nitrogen and oxygen atoms in total. The van der Waals surface area contributed by atoms with E-state index in [0.717, 1.165) is 15.1 Å². The molecule has 0 aliphatic carbocycles. The first-order valence-electron chi connectivity index (χ1n) is 6.71. The van der Waals surface area contributed by atoms with E-state index in [1.807, 2.05) is 12.4 Å². The Hall–Kier alpha value is -0.650. The summed E-state index contributed by atoms with van der Waals surface area (Å²) in [4.78, 5) is 4.09. The van der Waals surface area contributed by atoms with Crippen molar-refractivity contribution in [3.8, 4) is 0 Å². The summed E-state index contributed by atoms with van der Waals surface area (Å²) in [5.41, 5.74) is 2.50. The predicted molar refractivity (Wildman–Crippen MR) is 93.2 cm³/mol. The number of benzene rings is 1. The first kappa shape index (κ1) is 15.7. The van der Waals surface area contributed by atoms with Gasteiger partial charge in [0.2, 0.25) is 0 Å². The van der Waals surface area contributed by atoms with Crippen LogP contribution in [0.4, 0.5) is 0 Å². The maximum absolute atomic E-state index is 6.26. The summed E-state index contributed by atoms with van der Waals surface area (Å²) in [5.74, 6) is 0.356. The third-order valence-corrected chi connectivity index (χ3v) is 5.03. The highest BCUT2D eigenvalue weighted by atomic mass is 127. The van der Waals surface area contributed by atoms with Crippen LogP contribution in [0.25, 0.3) is 0 Å². The lowest BCUT2D eigenvalue weighted by Crippen LogP contribution is -2.25. The van der Waals surface area contributed by atoms with Crippen molar-refractivity contribution in [1.82, 2.24) is 10.3 Å². The van der Waals surface area contributed by atoms with Crippen molar-refractivity contribution in [2.75, 3.05) is 6.54 Å². The van der Waals surface area contributed by atoms with Crippen molar-refractivity contribution in [3.05, 3.63) is 62.4 Å². The fourth-order valence-corrected chi connectivity index (χ4v) is 2.89. The highest BCUT2D eigenvalue weighted by Gasteiger charge is 2.20. The van der Waals surface area contributed by atoms with Crippen LogP contribution < -0.4 is 5.32 Å². The van der Waals surface area contributed by atoms with Gasteiger partial charge in [-0.3, -0.25) is 4.98 Å². The zero-order valence-electron chi connectivity index (χ0n) is 11.6. The minimum atomic E-state index is 0.247. The Labute approximate surface area is 139 Å². The highest BCUT2D eigenvalue weighted by Crippen LogP contribution is 2.32. The molecule has 0 saturated heterocycles. The molecule has 2 atom stereocenters. The summed E-state index contributed by atoms with van der Waals surface area (Å²) in [7, 11) is 0. The molecular formula is C16H18ClIN2. The SMILES string of the molecule is CCNC(c1ccc(I)c(Cl)c1)C(C)c1ccncc1. The molecule has 1 heterocycles. The fraction of sp³-hybridized carbons (Fsp3) is 0.312. The van der Waals surface area contributed by atoms with E-state index in [-0.39, 0.29) is 6.04 Å². The van der Waals surface area contributed by atoms with Crippen LogP contribution in [0.1, 0.15) is 36.9 Å². The largest absolute Gasteiger partial charge is 0.310 e. The van der Waals surface area contributed by atoms with Gasteiger partial charge in [0.25, 0.3) is 0 Å². The molecule has 0 spiro atoms. The minimum absolute atomic E-state index is 0.247. The summed E-state index contributed by atoms with van der Waals surface area (Å²) >= 11 is 8.52. The molecule has 0 amide bonds. The summed E-state index contributed by atoms with van der Waals surface area (Å²) in [5, 5.41) is 4.38. The van der Waals surface area contributed by atoms with Crippen molar-refractivity contribution >= 4 is 34.2 Å². The van der Waals surface area contributed by atoms with Crippen molar-refractivity contribution in [1.29, 1.82) is 0 Å². The van der Waals surface area contributed by atoms with Crippen LogP contribution in [-0.2, 0) is 0 Å². The van der Waals surface area contributed by atoms with Crippen molar-refractivity contribution < 1.29 is 0 Å². The summed E-state index contributed by atoms with van der Waals surface area (Å²) in [6.45, 7) is 5.28. The zero-order chi connectivity index (χ0) is 14.5. The van der Waals surface area contributed by atoms with Crippen LogP contribution in [0.2, 0.25) is 5.02 Å². The molecule has 0 radical (unpaired) electrons. The van der Waals surface area contributed by atoms with Gasteiger partial charge in [-0.15, -0.1) is 0 Å². The minimum Gasteiger partial charge on any atom is -0.310 e. The number of hydrogen-bond acceptors (Lipinski definition) is 2. The van der Waals surface area contributed by atoms with Crippen molar-refractivity contribution in [3.63, 3.8) is 0 Å². The second-order valence-corrected chi connectivity index (χ2v) is 6.35. The Balaban J connectivity index is 2.33. The number of nitrogens with zero attached hydrogens (tertiary/aromatic N) is 1. The van der Waals surface area contributed by atoms with Crippen LogP contribution in [-0.4, -0.2) is 11.5 Å². The normalized spacial score (nSPS) is 14.0. The molecule has 1 N–H and O–H groups in total. The molecule has 106 valence electrons. The third-order valence-electron chi connectivity index (χ3n) is 3.46. The van der Waals surface area contributed by atoms with E-state index < -0.39 is 0 Å². The van der Waals surface area contributed by atoms with E-state index in [1.165, 1.54) is 11.1 Å². The number of aromatic nitrogens is 1. The molecule has 2 rings (SSSR count). The van der Waals surface area contributed by atoms with Gasteiger partial charge in [0.15, 0.2) is 0 Å². The standard InChI is InChI=1S/C16H18ClIN2/c1-3-20-16(11(2)12-6-8-19-9-7-12)13-4-5-15(18)14(17)10-13/h4-11,16,20H,3H2,1-2H3. The molecule has 0 saturated carbocycles. The van der Waals surface area contributed by atoms with Gasteiger partial charge < -0.3 is 5.32 Å². The van der Waals surface area contributed by atoms with Gasteiger partial charge in [0, 0.05) is 27.9 Å². The van der Waals surface area contributed by atoms with Crippen molar-refractivity contribution in [2.24, 2.45) is 0 Å². The van der Waals surface area contributed by atoms with E-state index in [2.05, 4.69) is 77.1 Å². The molecule has 20 heavy (non-hydrogen) atoms. The maximum atomic E-state index is 6.26. The van der Waals surface area contributed by atoms with Crippen LogP contribution >= 0.6 is 34.2 Å². The van der Waals surface area contributed by atoms with Gasteiger partial charge in [-0.25, -0.2) is 0 Å². The van der Waals surface area contributed by atoms with E-state index in [4.69, 9.17) is 11.6 Å². The lowest BCUT2D eigenvalue weighted by molar-refractivity contribution is 0.479. The van der Waals surface area contributed by atoms with Crippen LogP contribution in [0, 0.1) is 3.57 Å². The Morgan fingerprint density at radius 1 is 1.20 bits per heavy atom. The molecule has 2 unspecified atom stereocenters. The van der Waals surface area contributed by atoms with Gasteiger partial charge in [0.05, 0.1) is 5.02 Å². The Bertz CT molecular complexity index is 560. The van der Waals surface area contributed by atoms with Crippen LogP contribution in [0.5, 0.6) is 0 Å². The van der Waals surface area contributed by atoms with Gasteiger partial charge in [-0.1, -0.05) is 31.5 Å². The molecular weight excluding hydrogens is 383 g/mol. The number of nitrogens with one attached hydrogen (secondary N) is 1. The van der Waals surface area contributed by atoms with Crippen LogP contribution in [0.3, 0.4) is 0 Å². The van der Waals surface area contributed by atoms with Gasteiger partial charge in [0.1, 0.15) is 0 Å². The molecule has 1 aromatic heterocycles. The van der Waals surface area contributed by atoms with E-state index in [9.17, 15) is 0 Å². The monoisotopic (exact) mass is 400 g/mol. The van der Waals surface area contributed by atoms with Crippen LogP contribution in [0.15, 0.2) is 42.7 Å². The topological polar surface area (TPSA) is 24.9 Å². The quantitative estimate of drug-likeness (QED) is 0.730. The molecule has 0 fully saturated rings. The second kappa shape index (κ2) is 7.38. The average Bonchev–Trinajstić information content (AvgIpc) is 2.48. The molecule has 0 aliphatic rings. The van der Waals surface area contributed by atoms with Gasteiger partial charge >= 0.3 is 0 Å². The van der Waals surface area contributed by atoms with Crippen molar-refractivity contribution in [2.45, 2.75) is 25.8 Å². The third kappa shape index (κ3) is 3.71. The molecule has 2 aromatic rings.